The van der Waals surface area contributed by atoms with E-state index in [9.17, 15) is 0 Å². The summed E-state index contributed by atoms with van der Waals surface area (Å²) in [5.74, 6) is 2.62. The molecule has 0 unspecified atom stereocenters. The minimum atomic E-state index is 0.670. The molecule has 0 spiro atoms. The van der Waals surface area contributed by atoms with Gasteiger partial charge in [-0.25, -0.2) is 0 Å². The highest BCUT2D eigenvalue weighted by atomic mass is 35.5. The molecule has 3 heteroatoms. The van der Waals surface area contributed by atoms with Crippen LogP contribution in [0.5, 0.6) is 11.5 Å². The van der Waals surface area contributed by atoms with E-state index >= 15 is 0 Å². The van der Waals surface area contributed by atoms with E-state index in [1.807, 2.05) is 19.1 Å². The Morgan fingerprint density at radius 2 is 1.59 bits per heavy atom. The van der Waals surface area contributed by atoms with E-state index < -0.39 is 0 Å². The fraction of sp³-hybridized carbons (Fsp3) is 0.474. The summed E-state index contributed by atoms with van der Waals surface area (Å²) in [6, 6.07) is 10.4. The quantitative estimate of drug-likeness (QED) is 0.434. The van der Waals surface area contributed by atoms with Gasteiger partial charge in [-0.05, 0) is 44.9 Å². The molecule has 0 atom stereocenters. The third kappa shape index (κ3) is 4.54. The Labute approximate surface area is 138 Å². The van der Waals surface area contributed by atoms with E-state index in [0.29, 0.717) is 6.61 Å². The summed E-state index contributed by atoms with van der Waals surface area (Å²) in [6.07, 6.45) is 4.50. The predicted molar refractivity (Wildman–Crippen MR) is 94.5 cm³/mol. The number of hydrogen-bond donors (Lipinski definition) is 0. The van der Waals surface area contributed by atoms with Gasteiger partial charge in [-0.3, -0.25) is 0 Å². The van der Waals surface area contributed by atoms with Crippen molar-refractivity contribution in [2.75, 3.05) is 19.1 Å². The molecule has 0 radical (unpaired) electrons. The second-order valence-corrected chi connectivity index (χ2v) is 5.87. The zero-order valence-electron chi connectivity index (χ0n) is 13.5. The molecular formula is C19H25ClO2. The van der Waals surface area contributed by atoms with Gasteiger partial charge in [-0.2, -0.15) is 0 Å². The smallest absolute Gasteiger partial charge is 0.127 e. The molecule has 0 saturated carbocycles. The zero-order valence-corrected chi connectivity index (χ0v) is 14.3. The third-order valence-electron chi connectivity index (χ3n) is 3.68. The molecule has 2 aromatic rings. The molecule has 0 saturated heterocycles. The Kier molecular flexibility index (Phi) is 6.85. The topological polar surface area (TPSA) is 18.5 Å². The molecule has 2 aromatic carbocycles. The predicted octanol–water partition coefficient (Wildman–Crippen LogP) is 5.72. The Morgan fingerprint density at radius 3 is 2.32 bits per heavy atom. The summed E-state index contributed by atoms with van der Waals surface area (Å²) >= 11 is 5.69. The van der Waals surface area contributed by atoms with Crippen LogP contribution < -0.4 is 9.47 Å². The number of rotatable bonds is 9. The molecule has 0 N–H and O–H groups in total. The van der Waals surface area contributed by atoms with Crippen molar-refractivity contribution < 1.29 is 9.47 Å². The van der Waals surface area contributed by atoms with Gasteiger partial charge < -0.3 is 9.47 Å². The number of fused-ring (bicyclic) bond motifs is 1. The third-order valence-corrected chi connectivity index (χ3v) is 3.94. The van der Waals surface area contributed by atoms with Crippen molar-refractivity contribution in [3.8, 4) is 11.5 Å². The van der Waals surface area contributed by atoms with Crippen LogP contribution >= 0.6 is 11.6 Å². The van der Waals surface area contributed by atoms with E-state index in [4.69, 9.17) is 21.1 Å². The van der Waals surface area contributed by atoms with Gasteiger partial charge in [0.05, 0.1) is 13.2 Å². The first-order chi connectivity index (χ1) is 10.8. The molecule has 0 amide bonds. The largest absolute Gasteiger partial charge is 0.493 e. The molecule has 22 heavy (non-hydrogen) atoms. The monoisotopic (exact) mass is 320 g/mol. The summed E-state index contributed by atoms with van der Waals surface area (Å²) in [6.45, 7) is 5.52. The first-order valence-electron chi connectivity index (χ1n) is 8.11. The summed E-state index contributed by atoms with van der Waals surface area (Å²) in [4.78, 5) is 0. The van der Waals surface area contributed by atoms with Crippen molar-refractivity contribution in [2.24, 2.45) is 0 Å². The van der Waals surface area contributed by atoms with Crippen LogP contribution in [0, 0.1) is 6.92 Å². The van der Waals surface area contributed by atoms with Gasteiger partial charge >= 0.3 is 0 Å². The molecule has 0 heterocycles. The van der Waals surface area contributed by atoms with Gasteiger partial charge in [0, 0.05) is 16.7 Å². The van der Waals surface area contributed by atoms with Crippen LogP contribution in [0.3, 0.4) is 0 Å². The standard InChI is InChI=1S/C19H25ClO2/c1-3-21-18-10-11-19(22-13-7-5-4-6-12-20)17-14-15(2)8-9-16(17)18/h8-11,14H,3-7,12-13H2,1-2H3. The second-order valence-electron chi connectivity index (χ2n) is 5.50. The van der Waals surface area contributed by atoms with Crippen molar-refractivity contribution in [3.63, 3.8) is 0 Å². The molecule has 0 aliphatic heterocycles. The molecule has 0 aromatic heterocycles. The lowest BCUT2D eigenvalue weighted by Crippen LogP contribution is -1.99. The number of ether oxygens (including phenoxy) is 2. The van der Waals surface area contributed by atoms with E-state index in [0.717, 1.165) is 47.6 Å². The SMILES string of the molecule is CCOc1ccc(OCCCCCCCl)c2cc(C)ccc12. The van der Waals surface area contributed by atoms with Gasteiger partial charge in [0.25, 0.3) is 0 Å². The van der Waals surface area contributed by atoms with Crippen LogP contribution in [0.1, 0.15) is 38.2 Å². The van der Waals surface area contributed by atoms with Crippen molar-refractivity contribution in [3.05, 3.63) is 35.9 Å². The Hall–Kier alpha value is -1.41. The number of benzene rings is 2. The van der Waals surface area contributed by atoms with Gasteiger partial charge in [0.15, 0.2) is 0 Å². The summed E-state index contributed by atoms with van der Waals surface area (Å²) in [5, 5.41) is 2.25. The highest BCUT2D eigenvalue weighted by molar-refractivity contribution is 6.17. The number of halogens is 1. The molecule has 0 bridgehead atoms. The van der Waals surface area contributed by atoms with Crippen LogP contribution in [0.2, 0.25) is 0 Å². The second kappa shape index (κ2) is 8.89. The van der Waals surface area contributed by atoms with Crippen LogP contribution in [0.4, 0.5) is 0 Å². The molecule has 120 valence electrons. The minimum Gasteiger partial charge on any atom is -0.493 e. The van der Waals surface area contributed by atoms with Gasteiger partial charge in [-0.15, -0.1) is 11.6 Å². The van der Waals surface area contributed by atoms with Crippen LogP contribution in [-0.4, -0.2) is 19.1 Å². The average Bonchev–Trinajstić information content (AvgIpc) is 2.52. The first kappa shape index (κ1) is 17.0. The summed E-state index contributed by atoms with van der Waals surface area (Å²) < 4.78 is 11.7. The lowest BCUT2D eigenvalue weighted by Gasteiger charge is -2.13. The van der Waals surface area contributed by atoms with Gasteiger partial charge in [0.2, 0.25) is 0 Å². The maximum atomic E-state index is 6.00. The highest BCUT2D eigenvalue weighted by Gasteiger charge is 2.08. The van der Waals surface area contributed by atoms with E-state index in [-0.39, 0.29) is 0 Å². The Morgan fingerprint density at radius 1 is 0.864 bits per heavy atom. The fourth-order valence-electron chi connectivity index (χ4n) is 2.55. The van der Waals surface area contributed by atoms with Crippen molar-refractivity contribution in [1.29, 1.82) is 0 Å². The van der Waals surface area contributed by atoms with Gasteiger partial charge in [-0.1, -0.05) is 30.5 Å². The number of hydrogen-bond acceptors (Lipinski definition) is 2. The maximum absolute atomic E-state index is 6.00. The van der Waals surface area contributed by atoms with E-state index in [1.165, 1.54) is 18.4 Å². The van der Waals surface area contributed by atoms with Crippen molar-refractivity contribution >= 4 is 22.4 Å². The maximum Gasteiger partial charge on any atom is 0.127 e. The highest BCUT2D eigenvalue weighted by Crippen LogP contribution is 2.34. The molecule has 2 rings (SSSR count). The Balaban J connectivity index is 2.09. The number of aryl methyl sites for hydroxylation is 1. The van der Waals surface area contributed by atoms with Crippen LogP contribution in [0.25, 0.3) is 10.8 Å². The van der Waals surface area contributed by atoms with Crippen LogP contribution in [0.15, 0.2) is 30.3 Å². The molecule has 0 fully saturated rings. The first-order valence-corrected chi connectivity index (χ1v) is 8.64. The van der Waals surface area contributed by atoms with Crippen molar-refractivity contribution in [2.45, 2.75) is 39.5 Å². The lowest BCUT2D eigenvalue weighted by molar-refractivity contribution is 0.307. The van der Waals surface area contributed by atoms with Crippen LogP contribution in [-0.2, 0) is 0 Å². The van der Waals surface area contributed by atoms with Gasteiger partial charge in [0.1, 0.15) is 11.5 Å². The van der Waals surface area contributed by atoms with E-state index in [2.05, 4.69) is 25.1 Å². The summed E-state index contributed by atoms with van der Waals surface area (Å²) in [7, 11) is 0. The average molecular weight is 321 g/mol. The molecule has 0 aliphatic carbocycles. The lowest BCUT2D eigenvalue weighted by atomic mass is 10.1. The normalized spacial score (nSPS) is 10.9. The number of unbranched alkanes of at least 4 members (excludes halogenated alkanes) is 3. The summed E-state index contributed by atoms with van der Waals surface area (Å²) in [5.41, 5.74) is 1.23. The fourth-order valence-corrected chi connectivity index (χ4v) is 2.74. The Bertz CT molecular complexity index is 595. The number of alkyl halides is 1. The minimum absolute atomic E-state index is 0.670. The molecule has 0 aliphatic rings. The zero-order chi connectivity index (χ0) is 15.8. The molecule has 2 nitrogen and oxygen atoms in total. The van der Waals surface area contributed by atoms with E-state index in [1.54, 1.807) is 0 Å². The molecular weight excluding hydrogens is 296 g/mol. The van der Waals surface area contributed by atoms with Crippen molar-refractivity contribution in [1.82, 2.24) is 0 Å².